The maximum absolute atomic E-state index is 6.85. The molecule has 9 aromatic carbocycles. The minimum atomic E-state index is 0.873. The van der Waals surface area contributed by atoms with E-state index in [4.69, 9.17) is 4.42 Å². The average molecular weight is 727 g/mol. The highest BCUT2D eigenvalue weighted by molar-refractivity contribution is 6.23. The van der Waals surface area contributed by atoms with Crippen LogP contribution in [0.25, 0.3) is 110 Å². The van der Waals surface area contributed by atoms with Crippen molar-refractivity contribution in [2.45, 2.75) is 0 Å². The summed E-state index contributed by atoms with van der Waals surface area (Å²) in [6.07, 6.45) is 0. The van der Waals surface area contributed by atoms with Gasteiger partial charge in [0, 0.05) is 38.0 Å². The summed E-state index contributed by atoms with van der Waals surface area (Å²) in [5.74, 6) is 0. The molecule has 0 aliphatic carbocycles. The highest BCUT2D eigenvalue weighted by Crippen LogP contribution is 2.46. The minimum absolute atomic E-state index is 0.873. The van der Waals surface area contributed by atoms with Gasteiger partial charge in [0.15, 0.2) is 5.58 Å². The van der Waals surface area contributed by atoms with Gasteiger partial charge in [-0.05, 0) is 88.0 Å². The van der Waals surface area contributed by atoms with Gasteiger partial charge in [-0.2, -0.15) is 0 Å². The van der Waals surface area contributed by atoms with Crippen LogP contribution in [0, 0.1) is 0 Å². The third-order valence-corrected chi connectivity index (χ3v) is 11.7. The summed E-state index contributed by atoms with van der Waals surface area (Å²) in [5.41, 5.74) is 15.7. The van der Waals surface area contributed by atoms with Crippen molar-refractivity contribution in [1.82, 2.24) is 9.13 Å². The molecule has 0 amide bonds. The van der Waals surface area contributed by atoms with E-state index in [0.717, 1.165) is 49.9 Å². The van der Waals surface area contributed by atoms with Gasteiger partial charge in [0.05, 0.1) is 27.8 Å². The lowest BCUT2D eigenvalue weighted by atomic mass is 9.93. The van der Waals surface area contributed by atoms with Gasteiger partial charge >= 0.3 is 0 Å². The van der Waals surface area contributed by atoms with Crippen LogP contribution in [-0.4, -0.2) is 9.13 Å². The molecule has 3 nitrogen and oxygen atoms in total. The largest absolute Gasteiger partial charge is 0.454 e. The average Bonchev–Trinajstić information content (AvgIpc) is 3.95. The zero-order valence-electron chi connectivity index (χ0n) is 30.9. The fraction of sp³-hybridized carbons (Fsp3) is 0. The molecular formula is C54H34N2O. The summed E-state index contributed by atoms with van der Waals surface area (Å²) in [4.78, 5) is 0. The molecule has 12 aromatic rings. The van der Waals surface area contributed by atoms with Gasteiger partial charge < -0.3 is 13.6 Å². The van der Waals surface area contributed by atoms with E-state index in [9.17, 15) is 0 Å². The Morgan fingerprint density at radius 1 is 0.316 bits per heavy atom. The number of furan rings is 1. The van der Waals surface area contributed by atoms with Gasteiger partial charge in [0.1, 0.15) is 5.58 Å². The zero-order valence-corrected chi connectivity index (χ0v) is 30.9. The number of benzene rings is 9. The van der Waals surface area contributed by atoms with Crippen LogP contribution in [-0.2, 0) is 0 Å². The molecule has 0 N–H and O–H groups in total. The van der Waals surface area contributed by atoms with Gasteiger partial charge in [-0.15, -0.1) is 0 Å². The van der Waals surface area contributed by atoms with Gasteiger partial charge in [-0.1, -0.05) is 152 Å². The second kappa shape index (κ2) is 12.5. The Kier molecular flexibility index (Phi) is 6.93. The van der Waals surface area contributed by atoms with Crippen LogP contribution in [0.1, 0.15) is 0 Å². The number of rotatable bonds is 5. The Labute approximate surface area is 328 Å². The van der Waals surface area contributed by atoms with Crippen molar-refractivity contribution in [3.05, 3.63) is 206 Å². The second-order valence-electron chi connectivity index (χ2n) is 14.8. The van der Waals surface area contributed by atoms with E-state index in [1.165, 1.54) is 60.4 Å². The van der Waals surface area contributed by atoms with E-state index in [0.29, 0.717) is 0 Å². The molecule has 3 heteroatoms. The van der Waals surface area contributed by atoms with Crippen LogP contribution < -0.4 is 0 Å². The summed E-state index contributed by atoms with van der Waals surface area (Å²) < 4.78 is 11.7. The van der Waals surface area contributed by atoms with E-state index >= 15 is 0 Å². The van der Waals surface area contributed by atoms with Crippen molar-refractivity contribution in [1.29, 1.82) is 0 Å². The molecule has 3 aromatic heterocycles. The van der Waals surface area contributed by atoms with Gasteiger partial charge in [-0.25, -0.2) is 0 Å². The molecule has 0 spiro atoms. The van der Waals surface area contributed by atoms with E-state index in [2.05, 4.69) is 215 Å². The first-order valence-corrected chi connectivity index (χ1v) is 19.5. The Morgan fingerprint density at radius 3 is 1.49 bits per heavy atom. The molecule has 0 saturated heterocycles. The number of fused-ring (bicyclic) bond motifs is 9. The van der Waals surface area contributed by atoms with E-state index in [-0.39, 0.29) is 0 Å². The van der Waals surface area contributed by atoms with Crippen LogP contribution in [0.5, 0.6) is 0 Å². The van der Waals surface area contributed by atoms with Crippen molar-refractivity contribution >= 4 is 65.6 Å². The van der Waals surface area contributed by atoms with Crippen LogP contribution in [0.15, 0.2) is 211 Å². The molecule has 0 unspecified atom stereocenters. The molecule has 266 valence electrons. The number of nitrogens with zero attached hydrogens (tertiary/aromatic N) is 2. The number of hydrogen-bond acceptors (Lipinski definition) is 1. The molecule has 0 aliphatic heterocycles. The molecule has 57 heavy (non-hydrogen) atoms. The van der Waals surface area contributed by atoms with Crippen LogP contribution in [0.4, 0.5) is 0 Å². The van der Waals surface area contributed by atoms with Crippen molar-refractivity contribution in [2.24, 2.45) is 0 Å². The Bertz CT molecular complexity index is 3510. The SMILES string of the molecule is c1ccc(-c2ccccc2-c2cc(-n3c4ccccc4c4c(-c5cccc6c5c5ccccc5n6-c5ccccc5)cccc43)c3oc4ccccc4c3c2)cc1. The predicted molar refractivity (Wildman–Crippen MR) is 239 cm³/mol. The third-order valence-electron chi connectivity index (χ3n) is 11.7. The Hall–Kier alpha value is -7.62. The van der Waals surface area contributed by atoms with E-state index in [1.807, 2.05) is 0 Å². The monoisotopic (exact) mass is 726 g/mol. The molecular weight excluding hydrogens is 693 g/mol. The van der Waals surface area contributed by atoms with Crippen LogP contribution >= 0.6 is 0 Å². The highest BCUT2D eigenvalue weighted by Gasteiger charge is 2.23. The van der Waals surface area contributed by atoms with Gasteiger partial charge in [0.2, 0.25) is 0 Å². The van der Waals surface area contributed by atoms with Crippen LogP contribution in [0.2, 0.25) is 0 Å². The first-order valence-electron chi connectivity index (χ1n) is 19.5. The normalized spacial score (nSPS) is 11.9. The minimum Gasteiger partial charge on any atom is -0.454 e. The maximum atomic E-state index is 6.85. The molecule has 12 rings (SSSR count). The van der Waals surface area contributed by atoms with Crippen LogP contribution in [0.3, 0.4) is 0 Å². The lowest BCUT2D eigenvalue weighted by molar-refractivity contribution is 0.666. The summed E-state index contributed by atoms with van der Waals surface area (Å²) in [5, 5.41) is 7.11. The fourth-order valence-electron chi connectivity index (χ4n) is 9.34. The summed E-state index contributed by atoms with van der Waals surface area (Å²) >= 11 is 0. The second-order valence-corrected chi connectivity index (χ2v) is 14.8. The van der Waals surface area contributed by atoms with Crippen molar-refractivity contribution in [3.63, 3.8) is 0 Å². The first-order chi connectivity index (χ1) is 28.3. The smallest absolute Gasteiger partial charge is 0.159 e. The molecule has 3 heterocycles. The maximum Gasteiger partial charge on any atom is 0.159 e. The standard InChI is InChI=1S/C54H34N2O/c1-3-17-35(18-4-1)38-21-7-8-22-39(38)36-33-45-40-23-11-14-32-51(40)57-54(45)50(34-36)56-47-29-13-10-25-44(47)53-42(27-16-31-49(53)56)41-26-15-30-48-52(41)43-24-9-12-28-46(43)55(48)37-19-5-2-6-20-37/h1-34H. The quantitative estimate of drug-likeness (QED) is 0.173. The summed E-state index contributed by atoms with van der Waals surface area (Å²) in [7, 11) is 0. The lowest BCUT2D eigenvalue weighted by Crippen LogP contribution is -1.96. The highest BCUT2D eigenvalue weighted by atomic mass is 16.3. The molecule has 0 saturated carbocycles. The predicted octanol–water partition coefficient (Wildman–Crippen LogP) is 14.8. The summed E-state index contributed by atoms with van der Waals surface area (Å²) in [6.45, 7) is 0. The van der Waals surface area contributed by atoms with E-state index in [1.54, 1.807) is 0 Å². The number of para-hydroxylation sites is 4. The van der Waals surface area contributed by atoms with Gasteiger partial charge in [0.25, 0.3) is 0 Å². The Morgan fingerprint density at radius 2 is 0.807 bits per heavy atom. The summed E-state index contributed by atoms with van der Waals surface area (Å²) in [6, 6.07) is 74.3. The van der Waals surface area contributed by atoms with Crippen molar-refractivity contribution in [3.8, 4) is 44.8 Å². The molecule has 0 atom stereocenters. The van der Waals surface area contributed by atoms with Gasteiger partial charge in [-0.3, -0.25) is 0 Å². The van der Waals surface area contributed by atoms with Crippen molar-refractivity contribution < 1.29 is 4.42 Å². The Balaban J connectivity index is 1.18. The topological polar surface area (TPSA) is 23.0 Å². The molecule has 0 bridgehead atoms. The molecule has 0 aliphatic rings. The number of aromatic nitrogens is 2. The lowest BCUT2D eigenvalue weighted by Gasteiger charge is -2.15. The molecule has 0 fully saturated rings. The van der Waals surface area contributed by atoms with E-state index < -0.39 is 0 Å². The fourth-order valence-corrected chi connectivity index (χ4v) is 9.34. The zero-order chi connectivity index (χ0) is 37.5. The first kappa shape index (κ1) is 31.7. The third kappa shape index (κ3) is 4.73. The molecule has 0 radical (unpaired) electrons. The number of hydrogen-bond donors (Lipinski definition) is 0. The van der Waals surface area contributed by atoms with Crippen molar-refractivity contribution in [2.75, 3.05) is 0 Å².